The Bertz CT molecular complexity index is 819. The Morgan fingerprint density at radius 3 is 3.00 bits per heavy atom. The first-order valence-electron chi connectivity index (χ1n) is 8.11. The molecule has 1 unspecified atom stereocenters. The lowest BCUT2D eigenvalue weighted by Crippen LogP contribution is -2.40. The van der Waals surface area contributed by atoms with Crippen LogP contribution in [0.15, 0.2) is 24.4 Å². The van der Waals surface area contributed by atoms with Crippen molar-refractivity contribution in [3.05, 3.63) is 35.5 Å². The molecule has 3 rings (SSSR count). The molecule has 0 radical (unpaired) electrons. The fourth-order valence-electron chi connectivity index (χ4n) is 3.41. The zero-order valence-electron chi connectivity index (χ0n) is 13.3. The van der Waals surface area contributed by atoms with Gasteiger partial charge in [-0.1, -0.05) is 12.1 Å². The summed E-state index contributed by atoms with van der Waals surface area (Å²) in [7, 11) is 0. The van der Waals surface area contributed by atoms with Gasteiger partial charge in [0.2, 0.25) is 0 Å². The van der Waals surface area contributed by atoms with Crippen molar-refractivity contribution in [3.63, 3.8) is 0 Å². The number of nitrogens with zero attached hydrogens (tertiary/aromatic N) is 2. The smallest absolute Gasteiger partial charge is 0.303 e. The van der Waals surface area contributed by atoms with Gasteiger partial charge in [-0.25, -0.2) is 0 Å². The van der Waals surface area contributed by atoms with E-state index in [1.54, 1.807) is 23.2 Å². The third kappa shape index (κ3) is 3.11. The number of aromatic amines is 1. The van der Waals surface area contributed by atoms with E-state index in [-0.39, 0.29) is 18.2 Å². The van der Waals surface area contributed by atoms with Crippen LogP contribution in [0.2, 0.25) is 0 Å². The average molecular weight is 325 g/mol. The second kappa shape index (κ2) is 6.75. The van der Waals surface area contributed by atoms with E-state index < -0.39 is 5.97 Å². The molecule has 1 aliphatic rings. The summed E-state index contributed by atoms with van der Waals surface area (Å²) in [6.45, 7) is 1.28. The van der Waals surface area contributed by atoms with Gasteiger partial charge in [0, 0.05) is 31.1 Å². The maximum atomic E-state index is 12.9. The number of hydrogen-bond donors (Lipinski definition) is 2. The highest BCUT2D eigenvalue weighted by atomic mass is 16.4. The number of hydrogen-bond acceptors (Lipinski definition) is 3. The summed E-state index contributed by atoms with van der Waals surface area (Å²) < 4.78 is 0. The number of para-hydroxylation sites is 1. The Kier molecular flexibility index (Phi) is 4.52. The third-order valence-corrected chi connectivity index (χ3v) is 4.64. The number of carboxylic acid groups (broad SMARTS) is 1. The van der Waals surface area contributed by atoms with Gasteiger partial charge in [0.15, 0.2) is 0 Å². The summed E-state index contributed by atoms with van der Waals surface area (Å²) in [5, 5.41) is 18.7. The van der Waals surface area contributed by atoms with Crippen LogP contribution in [-0.2, 0) is 4.79 Å². The van der Waals surface area contributed by atoms with E-state index >= 15 is 0 Å². The second-order valence-corrected chi connectivity index (χ2v) is 6.23. The molecule has 0 aliphatic carbocycles. The van der Waals surface area contributed by atoms with E-state index in [0.29, 0.717) is 36.2 Å². The summed E-state index contributed by atoms with van der Waals surface area (Å²) >= 11 is 0. The van der Waals surface area contributed by atoms with Gasteiger partial charge in [-0.05, 0) is 31.2 Å². The Morgan fingerprint density at radius 1 is 1.42 bits per heavy atom. The molecule has 1 aromatic carbocycles. The van der Waals surface area contributed by atoms with E-state index in [2.05, 4.69) is 11.1 Å². The van der Waals surface area contributed by atoms with Crippen LogP contribution in [0.25, 0.3) is 10.9 Å². The lowest BCUT2D eigenvalue weighted by atomic mass is 9.93. The summed E-state index contributed by atoms with van der Waals surface area (Å²) in [4.78, 5) is 28.5. The van der Waals surface area contributed by atoms with Gasteiger partial charge < -0.3 is 15.0 Å². The van der Waals surface area contributed by atoms with Crippen LogP contribution in [-0.4, -0.2) is 40.0 Å². The van der Waals surface area contributed by atoms with Gasteiger partial charge in [0.25, 0.3) is 5.91 Å². The lowest BCUT2D eigenvalue weighted by molar-refractivity contribution is -0.137. The number of rotatable bonds is 4. The molecule has 1 saturated heterocycles. The number of aromatic nitrogens is 1. The second-order valence-electron chi connectivity index (χ2n) is 6.23. The van der Waals surface area contributed by atoms with Crippen LogP contribution in [0, 0.1) is 17.2 Å². The van der Waals surface area contributed by atoms with Crippen molar-refractivity contribution in [2.75, 3.05) is 13.1 Å². The molecule has 0 saturated carbocycles. The highest BCUT2D eigenvalue weighted by Crippen LogP contribution is 2.26. The van der Waals surface area contributed by atoms with Crippen molar-refractivity contribution in [1.29, 1.82) is 5.26 Å². The molecule has 1 atom stereocenters. The average Bonchev–Trinajstić information content (AvgIpc) is 3.02. The number of H-pyrrole nitrogens is 1. The van der Waals surface area contributed by atoms with Gasteiger partial charge in [-0.2, -0.15) is 5.26 Å². The zero-order chi connectivity index (χ0) is 17.1. The molecule has 24 heavy (non-hydrogen) atoms. The molecule has 1 fully saturated rings. The van der Waals surface area contributed by atoms with E-state index in [1.807, 2.05) is 6.07 Å². The predicted octanol–water partition coefficient (Wildman–Crippen LogP) is 2.76. The van der Waals surface area contributed by atoms with Gasteiger partial charge >= 0.3 is 5.97 Å². The van der Waals surface area contributed by atoms with Crippen molar-refractivity contribution in [2.45, 2.75) is 25.7 Å². The molecule has 0 spiro atoms. The van der Waals surface area contributed by atoms with Crippen molar-refractivity contribution in [2.24, 2.45) is 5.92 Å². The van der Waals surface area contributed by atoms with Crippen molar-refractivity contribution in [1.82, 2.24) is 9.88 Å². The van der Waals surface area contributed by atoms with E-state index in [1.165, 1.54) is 0 Å². The summed E-state index contributed by atoms with van der Waals surface area (Å²) in [5.74, 6) is -0.623. The number of likely N-dealkylation sites (tertiary alicyclic amines) is 1. The number of nitriles is 1. The minimum absolute atomic E-state index is 0.0630. The predicted molar refractivity (Wildman–Crippen MR) is 88.5 cm³/mol. The molecule has 6 nitrogen and oxygen atoms in total. The van der Waals surface area contributed by atoms with Crippen LogP contribution < -0.4 is 0 Å². The Balaban J connectivity index is 1.80. The molecule has 2 heterocycles. The number of carbonyl (C=O) groups is 2. The number of amides is 1. The number of fused-ring (bicyclic) bond motifs is 1. The SMILES string of the molecule is N#Cc1c[nH]c2c(C(=O)N3CCCC(CCC(=O)O)C3)cccc12. The molecule has 1 aliphatic heterocycles. The van der Waals surface area contributed by atoms with E-state index in [0.717, 1.165) is 18.2 Å². The molecule has 6 heteroatoms. The van der Waals surface area contributed by atoms with Crippen molar-refractivity contribution in [3.8, 4) is 6.07 Å². The van der Waals surface area contributed by atoms with Crippen LogP contribution in [0.4, 0.5) is 0 Å². The standard InChI is InChI=1S/C18H19N3O3/c19-9-13-10-20-17-14(13)4-1-5-15(17)18(24)21-8-2-3-12(11-21)6-7-16(22)23/h1,4-5,10,12,20H,2-3,6-8,11H2,(H,22,23). The van der Waals surface area contributed by atoms with Crippen molar-refractivity contribution >= 4 is 22.8 Å². The molecule has 1 aromatic heterocycles. The monoisotopic (exact) mass is 325 g/mol. The fraction of sp³-hybridized carbons (Fsp3) is 0.389. The highest BCUT2D eigenvalue weighted by molar-refractivity contribution is 6.06. The normalized spacial score (nSPS) is 17.6. The molecule has 2 N–H and O–H groups in total. The number of piperidine rings is 1. The van der Waals surface area contributed by atoms with Crippen LogP contribution in [0.1, 0.15) is 41.6 Å². The maximum Gasteiger partial charge on any atom is 0.303 e. The Morgan fingerprint density at radius 2 is 2.25 bits per heavy atom. The molecule has 124 valence electrons. The molecular formula is C18H19N3O3. The quantitative estimate of drug-likeness (QED) is 0.903. The van der Waals surface area contributed by atoms with Gasteiger partial charge in [-0.3, -0.25) is 9.59 Å². The first kappa shape index (κ1) is 16.1. The molecular weight excluding hydrogens is 306 g/mol. The fourth-order valence-corrected chi connectivity index (χ4v) is 3.41. The summed E-state index contributed by atoms with van der Waals surface area (Å²) in [6.07, 6.45) is 4.21. The van der Waals surface area contributed by atoms with Gasteiger partial charge in [0.05, 0.1) is 16.6 Å². The van der Waals surface area contributed by atoms with Crippen LogP contribution >= 0.6 is 0 Å². The molecule has 0 bridgehead atoms. The Hall–Kier alpha value is -2.81. The number of benzene rings is 1. The topological polar surface area (TPSA) is 97.2 Å². The molecule has 1 amide bonds. The lowest BCUT2D eigenvalue weighted by Gasteiger charge is -2.32. The summed E-state index contributed by atoms with van der Waals surface area (Å²) in [5.41, 5.74) is 1.78. The number of carbonyl (C=O) groups excluding carboxylic acids is 1. The Labute approximate surface area is 139 Å². The van der Waals surface area contributed by atoms with Crippen LogP contribution in [0.3, 0.4) is 0 Å². The maximum absolute atomic E-state index is 12.9. The van der Waals surface area contributed by atoms with E-state index in [4.69, 9.17) is 10.4 Å². The highest BCUT2D eigenvalue weighted by Gasteiger charge is 2.26. The number of nitrogens with one attached hydrogen (secondary N) is 1. The minimum atomic E-state index is -0.793. The van der Waals surface area contributed by atoms with Crippen LogP contribution in [0.5, 0.6) is 0 Å². The summed E-state index contributed by atoms with van der Waals surface area (Å²) in [6, 6.07) is 7.50. The first-order valence-corrected chi connectivity index (χ1v) is 8.11. The van der Waals surface area contributed by atoms with E-state index in [9.17, 15) is 9.59 Å². The minimum Gasteiger partial charge on any atom is -0.481 e. The first-order chi connectivity index (χ1) is 11.6. The molecule has 2 aromatic rings. The van der Waals surface area contributed by atoms with Gasteiger partial charge in [0.1, 0.15) is 6.07 Å². The van der Waals surface area contributed by atoms with Gasteiger partial charge in [-0.15, -0.1) is 0 Å². The third-order valence-electron chi connectivity index (χ3n) is 4.64. The largest absolute Gasteiger partial charge is 0.481 e. The number of aliphatic carboxylic acids is 1. The van der Waals surface area contributed by atoms with Crippen molar-refractivity contribution < 1.29 is 14.7 Å². The zero-order valence-corrected chi connectivity index (χ0v) is 13.3. The number of carboxylic acids is 1.